The molecule has 2 aromatic rings. The van der Waals surface area contributed by atoms with Crippen LogP contribution in [0.5, 0.6) is 0 Å². The molecular formula is C20H27N3O. The smallest absolute Gasteiger partial charge is 0.257 e. The Hall–Kier alpha value is -2.36. The van der Waals surface area contributed by atoms with Crippen LogP contribution in [0.25, 0.3) is 0 Å². The average Bonchev–Trinajstić information content (AvgIpc) is 2.57. The van der Waals surface area contributed by atoms with E-state index in [1.54, 1.807) is 6.20 Å². The first-order valence-electron chi connectivity index (χ1n) is 8.48. The van der Waals surface area contributed by atoms with Crippen LogP contribution in [0.1, 0.15) is 50.7 Å². The Morgan fingerprint density at radius 3 is 2.12 bits per heavy atom. The van der Waals surface area contributed by atoms with Crippen molar-refractivity contribution in [2.75, 3.05) is 23.3 Å². The van der Waals surface area contributed by atoms with Crippen LogP contribution in [0.3, 0.4) is 0 Å². The standard InChI is InChI=1S/C20H27N3O/c1-6-23(7-2)17-11-9-16(10-12-17)22-19(24)15-8-13-18(21-14-15)20(3,4)5/h8-14H,6-7H2,1-5H3,(H,22,24). The van der Waals surface area contributed by atoms with Gasteiger partial charge in [0.05, 0.1) is 5.56 Å². The van der Waals surface area contributed by atoms with Crippen LogP contribution in [-0.4, -0.2) is 24.0 Å². The van der Waals surface area contributed by atoms with Crippen LogP contribution < -0.4 is 10.2 Å². The number of anilines is 2. The third-order valence-electron chi connectivity index (χ3n) is 4.05. The van der Waals surface area contributed by atoms with Crippen molar-refractivity contribution in [3.63, 3.8) is 0 Å². The molecule has 0 aliphatic rings. The summed E-state index contributed by atoms with van der Waals surface area (Å²) in [5.74, 6) is -0.140. The molecule has 24 heavy (non-hydrogen) atoms. The van der Waals surface area contributed by atoms with Crippen molar-refractivity contribution in [2.45, 2.75) is 40.0 Å². The highest BCUT2D eigenvalue weighted by atomic mass is 16.1. The second-order valence-corrected chi connectivity index (χ2v) is 6.86. The molecule has 0 spiro atoms. The fraction of sp³-hybridized carbons (Fsp3) is 0.400. The van der Waals surface area contributed by atoms with Crippen molar-refractivity contribution in [1.82, 2.24) is 4.98 Å². The molecule has 0 aliphatic heterocycles. The topological polar surface area (TPSA) is 45.2 Å². The van der Waals surface area contributed by atoms with Crippen molar-refractivity contribution in [3.05, 3.63) is 53.9 Å². The number of amides is 1. The first-order chi connectivity index (χ1) is 11.3. The molecular weight excluding hydrogens is 298 g/mol. The molecule has 128 valence electrons. The second-order valence-electron chi connectivity index (χ2n) is 6.86. The monoisotopic (exact) mass is 325 g/mol. The van der Waals surface area contributed by atoms with E-state index < -0.39 is 0 Å². The number of hydrogen-bond donors (Lipinski definition) is 1. The van der Waals surface area contributed by atoms with Gasteiger partial charge in [0.1, 0.15) is 0 Å². The van der Waals surface area contributed by atoms with E-state index in [2.05, 4.69) is 49.8 Å². The summed E-state index contributed by atoms with van der Waals surface area (Å²) in [5, 5.41) is 2.92. The van der Waals surface area contributed by atoms with Crippen LogP contribution in [0.15, 0.2) is 42.6 Å². The number of aromatic nitrogens is 1. The lowest BCUT2D eigenvalue weighted by Crippen LogP contribution is -2.21. The van der Waals surface area contributed by atoms with Crippen molar-refractivity contribution in [2.24, 2.45) is 0 Å². The van der Waals surface area contributed by atoms with Crippen LogP contribution in [-0.2, 0) is 5.41 Å². The number of pyridine rings is 1. The molecule has 0 unspecified atom stereocenters. The second kappa shape index (κ2) is 7.47. The summed E-state index contributed by atoms with van der Waals surface area (Å²) in [6.45, 7) is 12.5. The van der Waals surface area contributed by atoms with E-state index in [-0.39, 0.29) is 11.3 Å². The Balaban J connectivity index is 2.07. The van der Waals surface area contributed by atoms with Gasteiger partial charge in [0, 0.05) is 41.8 Å². The van der Waals surface area contributed by atoms with E-state index in [0.29, 0.717) is 5.56 Å². The van der Waals surface area contributed by atoms with Gasteiger partial charge in [-0.1, -0.05) is 20.8 Å². The fourth-order valence-electron chi connectivity index (χ4n) is 2.52. The maximum Gasteiger partial charge on any atom is 0.257 e. The average molecular weight is 325 g/mol. The normalized spacial score (nSPS) is 11.2. The molecule has 1 heterocycles. The Kier molecular flexibility index (Phi) is 5.60. The van der Waals surface area contributed by atoms with Crippen LogP contribution >= 0.6 is 0 Å². The largest absolute Gasteiger partial charge is 0.372 e. The SMILES string of the molecule is CCN(CC)c1ccc(NC(=O)c2ccc(C(C)(C)C)nc2)cc1. The van der Waals surface area contributed by atoms with E-state index in [0.717, 1.165) is 30.2 Å². The molecule has 1 N–H and O–H groups in total. The number of rotatable bonds is 5. The Morgan fingerprint density at radius 1 is 1.04 bits per heavy atom. The number of nitrogens with zero attached hydrogens (tertiary/aromatic N) is 2. The quantitative estimate of drug-likeness (QED) is 0.881. The fourth-order valence-corrected chi connectivity index (χ4v) is 2.52. The zero-order valence-corrected chi connectivity index (χ0v) is 15.3. The molecule has 1 aromatic heterocycles. The minimum absolute atomic E-state index is 0.0186. The maximum atomic E-state index is 12.3. The van der Waals surface area contributed by atoms with E-state index in [1.807, 2.05) is 36.4 Å². The first-order valence-corrected chi connectivity index (χ1v) is 8.48. The van der Waals surface area contributed by atoms with E-state index in [9.17, 15) is 4.79 Å². The van der Waals surface area contributed by atoms with Crippen molar-refractivity contribution in [1.29, 1.82) is 0 Å². The molecule has 1 amide bonds. The molecule has 1 aromatic carbocycles. The molecule has 0 atom stereocenters. The summed E-state index contributed by atoms with van der Waals surface area (Å²) in [6, 6.07) is 11.7. The summed E-state index contributed by atoms with van der Waals surface area (Å²) in [5.41, 5.74) is 3.47. The van der Waals surface area contributed by atoms with Crippen LogP contribution in [0.4, 0.5) is 11.4 Å². The lowest BCUT2D eigenvalue weighted by Gasteiger charge is -2.21. The number of benzene rings is 1. The van der Waals surface area contributed by atoms with E-state index in [1.165, 1.54) is 0 Å². The van der Waals surface area contributed by atoms with Gasteiger partial charge < -0.3 is 10.2 Å². The summed E-state index contributed by atoms with van der Waals surface area (Å²) in [7, 11) is 0. The number of hydrogen-bond acceptors (Lipinski definition) is 3. The molecule has 0 fully saturated rings. The molecule has 2 rings (SSSR count). The first kappa shape index (κ1) is 18.0. The van der Waals surface area contributed by atoms with Gasteiger partial charge in [-0.2, -0.15) is 0 Å². The van der Waals surface area contributed by atoms with Gasteiger partial charge in [0.2, 0.25) is 0 Å². The van der Waals surface area contributed by atoms with E-state index in [4.69, 9.17) is 0 Å². The lowest BCUT2D eigenvalue weighted by atomic mass is 9.91. The van der Waals surface area contributed by atoms with Crippen molar-refractivity contribution in [3.8, 4) is 0 Å². The predicted octanol–water partition coefficient (Wildman–Crippen LogP) is 4.48. The molecule has 4 heteroatoms. The highest BCUT2D eigenvalue weighted by molar-refractivity contribution is 6.04. The zero-order chi connectivity index (χ0) is 17.7. The predicted molar refractivity (Wildman–Crippen MR) is 101 cm³/mol. The molecule has 0 radical (unpaired) electrons. The molecule has 0 bridgehead atoms. The van der Waals surface area contributed by atoms with Crippen molar-refractivity contribution >= 4 is 17.3 Å². The van der Waals surface area contributed by atoms with Crippen LogP contribution in [0.2, 0.25) is 0 Å². The number of carbonyl (C=O) groups excluding carboxylic acids is 1. The summed E-state index contributed by atoms with van der Waals surface area (Å²) in [6.07, 6.45) is 1.64. The molecule has 0 saturated heterocycles. The van der Waals surface area contributed by atoms with Gasteiger partial charge in [-0.3, -0.25) is 9.78 Å². The number of nitrogens with one attached hydrogen (secondary N) is 1. The summed E-state index contributed by atoms with van der Waals surface area (Å²) in [4.78, 5) is 19.0. The molecule has 4 nitrogen and oxygen atoms in total. The number of carbonyl (C=O) groups is 1. The van der Waals surface area contributed by atoms with E-state index >= 15 is 0 Å². The third-order valence-corrected chi connectivity index (χ3v) is 4.05. The minimum Gasteiger partial charge on any atom is -0.372 e. The maximum absolute atomic E-state index is 12.3. The van der Waals surface area contributed by atoms with Gasteiger partial charge in [0.15, 0.2) is 0 Å². The van der Waals surface area contributed by atoms with Crippen LogP contribution in [0, 0.1) is 0 Å². The zero-order valence-electron chi connectivity index (χ0n) is 15.3. The van der Waals surface area contributed by atoms with Gasteiger partial charge in [0.25, 0.3) is 5.91 Å². The van der Waals surface area contributed by atoms with Gasteiger partial charge in [-0.15, -0.1) is 0 Å². The Labute approximate surface area is 144 Å². The highest BCUT2D eigenvalue weighted by Gasteiger charge is 2.16. The summed E-state index contributed by atoms with van der Waals surface area (Å²) >= 11 is 0. The summed E-state index contributed by atoms with van der Waals surface area (Å²) < 4.78 is 0. The Morgan fingerprint density at radius 2 is 1.67 bits per heavy atom. The third kappa shape index (κ3) is 4.34. The highest BCUT2D eigenvalue weighted by Crippen LogP contribution is 2.21. The molecule has 0 saturated carbocycles. The van der Waals surface area contributed by atoms with Gasteiger partial charge >= 0.3 is 0 Å². The van der Waals surface area contributed by atoms with Gasteiger partial charge in [-0.25, -0.2) is 0 Å². The lowest BCUT2D eigenvalue weighted by molar-refractivity contribution is 0.102. The minimum atomic E-state index is -0.140. The van der Waals surface area contributed by atoms with Crippen molar-refractivity contribution < 1.29 is 4.79 Å². The Bertz CT molecular complexity index is 666. The molecule has 0 aliphatic carbocycles. The van der Waals surface area contributed by atoms with Gasteiger partial charge in [-0.05, 0) is 50.2 Å².